The molecule has 0 unspecified atom stereocenters. The van der Waals surface area contributed by atoms with Crippen LogP contribution in [0.2, 0.25) is 0 Å². The van der Waals surface area contributed by atoms with E-state index in [0.29, 0.717) is 18.3 Å². The minimum Gasteiger partial charge on any atom is -0.492 e. The Labute approximate surface area is 135 Å². The average Bonchev–Trinajstić information content (AvgIpc) is 2.45. The van der Waals surface area contributed by atoms with Gasteiger partial charge in [0, 0.05) is 5.69 Å². The number of hydrogen-bond donors (Lipinski definition) is 2. The molecule has 0 aliphatic heterocycles. The summed E-state index contributed by atoms with van der Waals surface area (Å²) in [6.07, 6.45) is 0. The first kappa shape index (κ1) is 16.2. The number of halogens is 1. The summed E-state index contributed by atoms with van der Waals surface area (Å²) in [5, 5.41) is 6.51. The topological polar surface area (TPSA) is 33.3 Å². The fraction of sp³-hybridized carbons (Fsp3) is 0.235. The predicted octanol–water partition coefficient (Wildman–Crippen LogP) is 3.81. The van der Waals surface area contributed by atoms with Crippen molar-refractivity contribution in [3.05, 3.63) is 59.4 Å². The summed E-state index contributed by atoms with van der Waals surface area (Å²) in [5.41, 5.74) is 3.10. The van der Waals surface area contributed by atoms with E-state index in [2.05, 4.69) is 16.7 Å². The first-order chi connectivity index (χ1) is 10.5. The number of rotatable bonds is 5. The molecule has 0 saturated heterocycles. The van der Waals surface area contributed by atoms with Gasteiger partial charge in [-0.3, -0.25) is 0 Å². The summed E-state index contributed by atoms with van der Waals surface area (Å²) < 4.78 is 18.5. The zero-order valence-corrected chi connectivity index (χ0v) is 13.5. The number of ether oxygens (including phenoxy) is 1. The van der Waals surface area contributed by atoms with Crippen molar-refractivity contribution in [3.63, 3.8) is 0 Å². The Bertz CT molecular complexity index is 623. The number of nitrogens with one attached hydrogen (secondary N) is 2. The van der Waals surface area contributed by atoms with Gasteiger partial charge in [-0.25, -0.2) is 4.39 Å². The second kappa shape index (κ2) is 7.75. The van der Waals surface area contributed by atoms with Crippen molar-refractivity contribution >= 4 is 23.0 Å². The highest BCUT2D eigenvalue weighted by Gasteiger charge is 1.99. The van der Waals surface area contributed by atoms with E-state index in [0.717, 1.165) is 11.4 Å². The van der Waals surface area contributed by atoms with Gasteiger partial charge in [-0.15, -0.1) is 0 Å². The van der Waals surface area contributed by atoms with E-state index in [4.69, 9.17) is 17.0 Å². The molecule has 0 amide bonds. The normalized spacial score (nSPS) is 10.1. The van der Waals surface area contributed by atoms with Crippen LogP contribution in [0.25, 0.3) is 0 Å². The first-order valence-electron chi connectivity index (χ1n) is 7.04. The Kier molecular flexibility index (Phi) is 5.72. The molecule has 0 aliphatic rings. The molecule has 116 valence electrons. The molecule has 0 atom stereocenters. The van der Waals surface area contributed by atoms with E-state index >= 15 is 0 Å². The first-order valence-corrected chi connectivity index (χ1v) is 7.45. The molecular weight excluding hydrogens is 299 g/mol. The van der Waals surface area contributed by atoms with Crippen LogP contribution in [-0.4, -0.2) is 18.3 Å². The summed E-state index contributed by atoms with van der Waals surface area (Å²) >= 11 is 5.17. The standard InChI is InChI=1S/C17H19FN2OS/c1-12-9-13(2)11-16(10-12)21-8-7-19-17(22)20-15-5-3-14(18)4-6-15/h3-6,9-11H,7-8H2,1-2H3,(H2,19,20,22). The van der Waals surface area contributed by atoms with Crippen molar-refractivity contribution in [2.24, 2.45) is 0 Å². The largest absolute Gasteiger partial charge is 0.492 e. The van der Waals surface area contributed by atoms with Crippen molar-refractivity contribution in [3.8, 4) is 5.75 Å². The molecule has 5 heteroatoms. The van der Waals surface area contributed by atoms with E-state index in [-0.39, 0.29) is 5.82 Å². The van der Waals surface area contributed by atoms with E-state index in [1.807, 2.05) is 26.0 Å². The van der Waals surface area contributed by atoms with E-state index in [9.17, 15) is 4.39 Å². The molecule has 0 aromatic heterocycles. The highest BCUT2D eigenvalue weighted by molar-refractivity contribution is 7.80. The van der Waals surface area contributed by atoms with Gasteiger partial charge in [-0.1, -0.05) is 6.07 Å². The van der Waals surface area contributed by atoms with Crippen LogP contribution in [0, 0.1) is 19.7 Å². The van der Waals surface area contributed by atoms with Gasteiger partial charge in [0.05, 0.1) is 6.54 Å². The van der Waals surface area contributed by atoms with Gasteiger partial charge in [-0.2, -0.15) is 0 Å². The lowest BCUT2D eigenvalue weighted by molar-refractivity contribution is 0.322. The summed E-state index contributed by atoms with van der Waals surface area (Å²) in [6.45, 7) is 5.17. The SMILES string of the molecule is Cc1cc(C)cc(OCCNC(=S)Nc2ccc(F)cc2)c1. The number of thiocarbonyl (C=S) groups is 1. The molecule has 0 radical (unpaired) electrons. The summed E-state index contributed by atoms with van der Waals surface area (Å²) in [6, 6.07) is 12.1. The Morgan fingerprint density at radius 3 is 2.36 bits per heavy atom. The minimum absolute atomic E-state index is 0.272. The molecular formula is C17H19FN2OS. The molecule has 2 aromatic carbocycles. The zero-order valence-electron chi connectivity index (χ0n) is 12.7. The van der Waals surface area contributed by atoms with Gasteiger partial charge in [0.25, 0.3) is 0 Å². The molecule has 0 saturated carbocycles. The molecule has 2 rings (SSSR count). The predicted molar refractivity (Wildman–Crippen MR) is 92.0 cm³/mol. The third-order valence-corrected chi connectivity index (χ3v) is 3.20. The summed E-state index contributed by atoms with van der Waals surface area (Å²) in [7, 11) is 0. The van der Waals surface area contributed by atoms with Gasteiger partial charge in [-0.05, 0) is 73.6 Å². The zero-order chi connectivity index (χ0) is 15.9. The van der Waals surface area contributed by atoms with Crippen LogP contribution in [0.5, 0.6) is 5.75 Å². The number of benzene rings is 2. The fourth-order valence-corrected chi connectivity index (χ4v) is 2.28. The number of anilines is 1. The van der Waals surface area contributed by atoms with Crippen LogP contribution in [0.15, 0.2) is 42.5 Å². The highest BCUT2D eigenvalue weighted by Crippen LogP contribution is 2.15. The lowest BCUT2D eigenvalue weighted by atomic mass is 10.1. The molecule has 22 heavy (non-hydrogen) atoms. The lowest BCUT2D eigenvalue weighted by Crippen LogP contribution is -2.31. The highest BCUT2D eigenvalue weighted by atomic mass is 32.1. The Hall–Kier alpha value is -2.14. The second-order valence-corrected chi connectivity index (χ2v) is 5.47. The monoisotopic (exact) mass is 318 g/mol. The van der Waals surface area contributed by atoms with Crippen molar-refractivity contribution in [2.75, 3.05) is 18.5 Å². The van der Waals surface area contributed by atoms with Crippen molar-refractivity contribution in [2.45, 2.75) is 13.8 Å². The van der Waals surface area contributed by atoms with Gasteiger partial charge in [0.15, 0.2) is 5.11 Å². The van der Waals surface area contributed by atoms with Crippen LogP contribution in [0.3, 0.4) is 0 Å². The minimum atomic E-state index is -0.272. The number of hydrogen-bond acceptors (Lipinski definition) is 2. The van der Waals surface area contributed by atoms with E-state index < -0.39 is 0 Å². The quantitative estimate of drug-likeness (QED) is 0.649. The molecule has 0 bridgehead atoms. The van der Waals surface area contributed by atoms with Crippen LogP contribution < -0.4 is 15.4 Å². The van der Waals surface area contributed by atoms with E-state index in [1.165, 1.54) is 23.3 Å². The summed E-state index contributed by atoms with van der Waals surface area (Å²) in [5.74, 6) is 0.586. The van der Waals surface area contributed by atoms with Crippen molar-refractivity contribution in [1.82, 2.24) is 5.32 Å². The maximum Gasteiger partial charge on any atom is 0.170 e. The van der Waals surface area contributed by atoms with Gasteiger partial charge in [0.2, 0.25) is 0 Å². The second-order valence-electron chi connectivity index (χ2n) is 5.06. The maximum absolute atomic E-state index is 12.8. The Balaban J connectivity index is 1.71. The fourth-order valence-electron chi connectivity index (χ4n) is 2.06. The van der Waals surface area contributed by atoms with Crippen molar-refractivity contribution in [1.29, 1.82) is 0 Å². The molecule has 0 spiro atoms. The van der Waals surface area contributed by atoms with Gasteiger partial charge >= 0.3 is 0 Å². The van der Waals surface area contributed by atoms with Gasteiger partial charge < -0.3 is 15.4 Å². The van der Waals surface area contributed by atoms with Crippen LogP contribution in [-0.2, 0) is 0 Å². The molecule has 2 N–H and O–H groups in total. The third-order valence-electron chi connectivity index (χ3n) is 2.95. The van der Waals surface area contributed by atoms with Gasteiger partial charge in [0.1, 0.15) is 18.2 Å². The van der Waals surface area contributed by atoms with E-state index in [1.54, 1.807) is 12.1 Å². The number of aryl methyl sites for hydroxylation is 2. The summed E-state index contributed by atoms with van der Waals surface area (Å²) in [4.78, 5) is 0. The lowest BCUT2D eigenvalue weighted by Gasteiger charge is -2.12. The van der Waals surface area contributed by atoms with Crippen LogP contribution in [0.1, 0.15) is 11.1 Å². The molecule has 0 fully saturated rings. The van der Waals surface area contributed by atoms with Crippen LogP contribution in [0.4, 0.5) is 10.1 Å². The smallest absolute Gasteiger partial charge is 0.170 e. The average molecular weight is 318 g/mol. The molecule has 0 heterocycles. The maximum atomic E-state index is 12.8. The molecule has 2 aromatic rings. The molecule has 3 nitrogen and oxygen atoms in total. The van der Waals surface area contributed by atoms with Crippen LogP contribution >= 0.6 is 12.2 Å². The molecule has 0 aliphatic carbocycles. The third kappa shape index (κ3) is 5.33. The van der Waals surface area contributed by atoms with Crippen molar-refractivity contribution < 1.29 is 9.13 Å². The Morgan fingerprint density at radius 2 is 1.73 bits per heavy atom. The Morgan fingerprint density at radius 1 is 1.09 bits per heavy atom.